The van der Waals surface area contributed by atoms with Gasteiger partial charge in [-0.1, -0.05) is 28.8 Å². The number of aryl methyl sites for hydroxylation is 2. The molecule has 1 aliphatic rings. The van der Waals surface area contributed by atoms with Crippen molar-refractivity contribution in [2.45, 2.75) is 44.8 Å². The molecule has 0 aromatic heterocycles. The molecule has 1 aromatic carbocycles. The van der Waals surface area contributed by atoms with Gasteiger partial charge in [-0.05, 0) is 49.9 Å². The molecule has 100 valence electrons. The minimum atomic E-state index is -3.24. The zero-order valence-electron chi connectivity index (χ0n) is 10.7. The number of anilines is 1. The predicted molar refractivity (Wildman–Crippen MR) is 78.4 cm³/mol. The minimum absolute atomic E-state index is 0.222. The lowest BCUT2D eigenvalue weighted by Gasteiger charge is -2.17. The zero-order chi connectivity index (χ0) is 13.3. The van der Waals surface area contributed by atoms with Gasteiger partial charge >= 0.3 is 0 Å². The first kappa shape index (κ1) is 13.9. The molecule has 2 rings (SSSR count). The second-order valence-corrected chi connectivity index (χ2v) is 7.84. The third-order valence-corrected chi connectivity index (χ3v) is 5.78. The summed E-state index contributed by atoms with van der Waals surface area (Å²) in [6, 6.07) is 3.86. The van der Waals surface area contributed by atoms with Gasteiger partial charge in [0, 0.05) is 4.47 Å². The molecular formula is C13H18BrNO2S. The van der Waals surface area contributed by atoms with Crippen LogP contribution in [0.3, 0.4) is 0 Å². The van der Waals surface area contributed by atoms with Crippen LogP contribution >= 0.6 is 15.9 Å². The van der Waals surface area contributed by atoms with Crippen molar-refractivity contribution < 1.29 is 8.42 Å². The molecule has 1 N–H and O–H groups in total. The molecule has 1 aromatic rings. The average molecular weight is 332 g/mol. The Morgan fingerprint density at radius 3 is 2.17 bits per heavy atom. The van der Waals surface area contributed by atoms with E-state index in [1.54, 1.807) is 0 Å². The molecule has 1 saturated carbocycles. The zero-order valence-corrected chi connectivity index (χ0v) is 13.1. The molecule has 0 radical (unpaired) electrons. The fourth-order valence-electron chi connectivity index (χ4n) is 2.50. The molecule has 0 saturated heterocycles. The van der Waals surface area contributed by atoms with E-state index in [2.05, 4.69) is 20.7 Å². The molecule has 3 nitrogen and oxygen atoms in total. The van der Waals surface area contributed by atoms with Crippen LogP contribution in [0.15, 0.2) is 16.6 Å². The Kier molecular flexibility index (Phi) is 4.02. The summed E-state index contributed by atoms with van der Waals surface area (Å²) in [6.45, 7) is 3.84. The number of rotatable bonds is 3. The number of hydrogen-bond acceptors (Lipinski definition) is 2. The summed E-state index contributed by atoms with van der Waals surface area (Å²) >= 11 is 3.42. The van der Waals surface area contributed by atoms with E-state index in [1.807, 2.05) is 26.0 Å². The monoisotopic (exact) mass is 331 g/mol. The van der Waals surface area contributed by atoms with Gasteiger partial charge < -0.3 is 0 Å². The largest absolute Gasteiger partial charge is 0.283 e. The van der Waals surface area contributed by atoms with Crippen LogP contribution < -0.4 is 4.72 Å². The summed E-state index contributed by atoms with van der Waals surface area (Å²) in [7, 11) is -3.24. The lowest BCUT2D eigenvalue weighted by atomic mass is 10.1. The van der Waals surface area contributed by atoms with E-state index in [-0.39, 0.29) is 5.25 Å². The Bertz CT molecular complexity index is 525. The summed E-state index contributed by atoms with van der Waals surface area (Å²) in [5.74, 6) is 0. The minimum Gasteiger partial charge on any atom is -0.283 e. The van der Waals surface area contributed by atoms with Crippen LogP contribution in [0, 0.1) is 13.8 Å². The SMILES string of the molecule is Cc1cc(Br)cc(C)c1NS(=O)(=O)C1CCCC1. The Balaban J connectivity index is 2.29. The first-order valence-electron chi connectivity index (χ1n) is 6.18. The van der Waals surface area contributed by atoms with E-state index < -0.39 is 10.0 Å². The van der Waals surface area contributed by atoms with Crippen molar-refractivity contribution in [3.63, 3.8) is 0 Å². The van der Waals surface area contributed by atoms with Crippen LogP contribution in [0.1, 0.15) is 36.8 Å². The van der Waals surface area contributed by atoms with Gasteiger partial charge in [0.25, 0.3) is 0 Å². The van der Waals surface area contributed by atoms with E-state index in [0.29, 0.717) is 0 Å². The van der Waals surface area contributed by atoms with Crippen molar-refractivity contribution in [3.8, 4) is 0 Å². The van der Waals surface area contributed by atoms with Crippen molar-refractivity contribution in [1.29, 1.82) is 0 Å². The Hall–Kier alpha value is -0.550. The van der Waals surface area contributed by atoms with E-state index in [0.717, 1.165) is 47.0 Å². The third kappa shape index (κ3) is 2.88. The standard InChI is InChI=1S/C13H18BrNO2S/c1-9-7-11(14)8-10(2)13(9)15-18(16,17)12-5-3-4-6-12/h7-8,12,15H,3-6H2,1-2H3. The maximum absolute atomic E-state index is 12.3. The highest BCUT2D eigenvalue weighted by Gasteiger charge is 2.29. The molecule has 1 fully saturated rings. The maximum atomic E-state index is 12.3. The lowest BCUT2D eigenvalue weighted by Crippen LogP contribution is -2.26. The normalized spacial score (nSPS) is 17.1. The number of halogens is 1. The molecule has 0 atom stereocenters. The predicted octanol–water partition coefficient (Wildman–Crippen LogP) is 3.75. The van der Waals surface area contributed by atoms with E-state index >= 15 is 0 Å². The Morgan fingerprint density at radius 1 is 1.17 bits per heavy atom. The average Bonchev–Trinajstić information content (AvgIpc) is 2.77. The molecule has 0 spiro atoms. The summed E-state index contributed by atoms with van der Waals surface area (Å²) in [5.41, 5.74) is 2.62. The maximum Gasteiger partial charge on any atom is 0.235 e. The smallest absolute Gasteiger partial charge is 0.235 e. The van der Waals surface area contributed by atoms with Crippen LogP contribution in [0.5, 0.6) is 0 Å². The molecule has 18 heavy (non-hydrogen) atoms. The molecule has 0 unspecified atom stereocenters. The molecule has 5 heteroatoms. The van der Waals surface area contributed by atoms with Crippen LogP contribution in [0.25, 0.3) is 0 Å². The Morgan fingerprint density at radius 2 is 1.67 bits per heavy atom. The van der Waals surface area contributed by atoms with Crippen molar-refractivity contribution in [3.05, 3.63) is 27.7 Å². The molecule has 0 bridgehead atoms. The van der Waals surface area contributed by atoms with Crippen molar-refractivity contribution in [1.82, 2.24) is 0 Å². The first-order chi connectivity index (χ1) is 8.40. The highest BCUT2D eigenvalue weighted by molar-refractivity contribution is 9.10. The van der Waals surface area contributed by atoms with Gasteiger partial charge in [-0.2, -0.15) is 0 Å². The summed E-state index contributed by atoms with van der Waals surface area (Å²) < 4.78 is 28.3. The van der Waals surface area contributed by atoms with Crippen molar-refractivity contribution in [2.75, 3.05) is 4.72 Å². The van der Waals surface area contributed by atoms with Gasteiger partial charge in [0.05, 0.1) is 10.9 Å². The molecule has 1 aliphatic carbocycles. The fraction of sp³-hybridized carbons (Fsp3) is 0.538. The topological polar surface area (TPSA) is 46.2 Å². The molecule has 0 heterocycles. The van der Waals surface area contributed by atoms with Crippen LogP contribution in [0.4, 0.5) is 5.69 Å². The van der Waals surface area contributed by atoms with Crippen LogP contribution in [-0.4, -0.2) is 13.7 Å². The first-order valence-corrected chi connectivity index (χ1v) is 8.52. The highest BCUT2D eigenvalue weighted by Crippen LogP contribution is 2.30. The van der Waals surface area contributed by atoms with Crippen LogP contribution in [-0.2, 0) is 10.0 Å². The van der Waals surface area contributed by atoms with Gasteiger partial charge in [-0.25, -0.2) is 8.42 Å². The van der Waals surface area contributed by atoms with Gasteiger partial charge in [-0.15, -0.1) is 0 Å². The third-order valence-electron chi connectivity index (χ3n) is 3.48. The lowest BCUT2D eigenvalue weighted by molar-refractivity contribution is 0.585. The number of hydrogen-bond donors (Lipinski definition) is 1. The van der Waals surface area contributed by atoms with E-state index in [1.165, 1.54) is 0 Å². The van der Waals surface area contributed by atoms with Crippen LogP contribution in [0.2, 0.25) is 0 Å². The number of benzene rings is 1. The molecule has 0 amide bonds. The van der Waals surface area contributed by atoms with Gasteiger partial charge in [0.15, 0.2) is 0 Å². The highest BCUT2D eigenvalue weighted by atomic mass is 79.9. The van der Waals surface area contributed by atoms with E-state index in [9.17, 15) is 8.42 Å². The van der Waals surface area contributed by atoms with Gasteiger partial charge in [-0.3, -0.25) is 4.72 Å². The summed E-state index contributed by atoms with van der Waals surface area (Å²) in [5, 5.41) is -0.222. The summed E-state index contributed by atoms with van der Waals surface area (Å²) in [6.07, 6.45) is 3.60. The quantitative estimate of drug-likeness (QED) is 0.916. The summed E-state index contributed by atoms with van der Waals surface area (Å²) in [4.78, 5) is 0. The second kappa shape index (κ2) is 5.21. The van der Waals surface area contributed by atoms with Gasteiger partial charge in [0.1, 0.15) is 0 Å². The van der Waals surface area contributed by atoms with E-state index in [4.69, 9.17) is 0 Å². The Labute approximate surface area is 117 Å². The number of sulfonamides is 1. The van der Waals surface area contributed by atoms with Crippen molar-refractivity contribution >= 4 is 31.6 Å². The fourth-order valence-corrected chi connectivity index (χ4v) is 4.91. The molecular weight excluding hydrogens is 314 g/mol. The van der Waals surface area contributed by atoms with Gasteiger partial charge in [0.2, 0.25) is 10.0 Å². The van der Waals surface area contributed by atoms with Crippen molar-refractivity contribution in [2.24, 2.45) is 0 Å². The molecule has 0 aliphatic heterocycles. The number of nitrogens with one attached hydrogen (secondary N) is 1. The second-order valence-electron chi connectivity index (χ2n) is 4.97.